The number of aromatic hydroxyl groups is 1. The van der Waals surface area contributed by atoms with Crippen LogP contribution in [0, 0.1) is 0 Å². The maximum atomic E-state index is 10.0. The van der Waals surface area contributed by atoms with Gasteiger partial charge in [-0.15, -0.1) is 0 Å². The Morgan fingerprint density at radius 3 is 2.50 bits per heavy atom. The Morgan fingerprint density at radius 2 is 2.00 bits per heavy atom. The molecule has 0 aliphatic carbocycles. The zero-order valence-electron chi connectivity index (χ0n) is 6.45. The lowest BCUT2D eigenvalue weighted by Gasteiger charge is -2.01. The van der Waals surface area contributed by atoms with Gasteiger partial charge in [0.15, 0.2) is 0 Å². The van der Waals surface area contributed by atoms with E-state index in [1.54, 1.807) is 18.4 Å². The van der Waals surface area contributed by atoms with Gasteiger partial charge in [0, 0.05) is 0 Å². The summed E-state index contributed by atoms with van der Waals surface area (Å²) in [5.41, 5.74) is 7.98. The van der Waals surface area contributed by atoms with Crippen molar-refractivity contribution in [3.63, 3.8) is 0 Å². The molecule has 3 nitrogen and oxygen atoms in total. The molecule has 0 aliphatic heterocycles. The Labute approximate surface area is 70.8 Å². The van der Waals surface area contributed by atoms with Crippen molar-refractivity contribution in [3.8, 4) is 5.75 Å². The van der Waals surface area contributed by atoms with Crippen molar-refractivity contribution in [2.75, 3.05) is 0 Å². The minimum absolute atomic E-state index is 0.190. The molecule has 1 rings (SSSR count). The zero-order valence-corrected chi connectivity index (χ0v) is 6.45. The first-order valence-corrected chi connectivity index (χ1v) is 3.59. The Balaban J connectivity index is 2.64. The van der Waals surface area contributed by atoms with Gasteiger partial charge in [-0.1, -0.05) is 12.1 Å². The Hall–Kier alpha value is -1.35. The van der Waals surface area contributed by atoms with Crippen molar-refractivity contribution in [1.29, 1.82) is 0 Å². The van der Waals surface area contributed by atoms with Crippen LogP contribution in [-0.2, 0) is 11.2 Å². The molecule has 1 atom stereocenters. The highest BCUT2D eigenvalue weighted by atomic mass is 16.3. The van der Waals surface area contributed by atoms with Gasteiger partial charge in [0.2, 0.25) is 6.29 Å². The summed E-state index contributed by atoms with van der Waals surface area (Å²) in [6.45, 7) is 0. The van der Waals surface area contributed by atoms with Crippen LogP contribution in [0.4, 0.5) is 0 Å². The van der Waals surface area contributed by atoms with Crippen molar-refractivity contribution in [3.05, 3.63) is 29.8 Å². The summed E-state index contributed by atoms with van der Waals surface area (Å²) in [6.07, 6.45) is 1.93. The van der Waals surface area contributed by atoms with Crippen molar-refractivity contribution < 1.29 is 9.90 Å². The Morgan fingerprint density at radius 1 is 1.42 bits per heavy atom. The fraction of sp³-hybridized carbons (Fsp3) is 0.222. The standard InChI is InChI=1S/C9H9NO2/c10-8(6-11)5-7-1-3-9(12)4-2-7/h1-4,8,10,12H,5H2. The molecule has 1 aromatic carbocycles. The molecule has 0 spiro atoms. The van der Waals surface area contributed by atoms with Crippen molar-refractivity contribution >= 4 is 6.29 Å². The predicted molar refractivity (Wildman–Crippen MR) is 44.4 cm³/mol. The van der Waals surface area contributed by atoms with Gasteiger partial charge < -0.3 is 5.11 Å². The molecule has 0 saturated carbocycles. The number of phenolic OH excluding ortho intramolecular Hbond substituents is 1. The summed E-state index contributed by atoms with van der Waals surface area (Å²) in [4.78, 5) is 10.0. The van der Waals surface area contributed by atoms with E-state index in [1.807, 2.05) is 0 Å². The van der Waals surface area contributed by atoms with E-state index in [0.717, 1.165) is 5.56 Å². The molecule has 0 fully saturated rings. The number of nitrogens with one attached hydrogen (secondary N) is 1. The third-order valence-electron chi connectivity index (χ3n) is 1.52. The second-order valence-electron chi connectivity index (χ2n) is 2.54. The van der Waals surface area contributed by atoms with Crippen LogP contribution in [0.25, 0.3) is 0 Å². The molecule has 0 amide bonds. The van der Waals surface area contributed by atoms with Gasteiger partial charge in [0.05, 0.1) is 6.04 Å². The molecule has 1 unspecified atom stereocenters. The summed E-state index contributed by atoms with van der Waals surface area (Å²) in [7, 11) is 0. The number of hydrogen-bond donors (Lipinski definition) is 1. The highest BCUT2D eigenvalue weighted by molar-refractivity contribution is 5.58. The topological polar surface area (TPSA) is 61.1 Å². The third-order valence-corrected chi connectivity index (χ3v) is 1.52. The SMILES string of the molecule is [NH]C([C]=O)Cc1ccc(O)cc1. The average molecular weight is 163 g/mol. The number of carbonyl (C=O) groups excluding carboxylic acids is 1. The highest BCUT2D eigenvalue weighted by Gasteiger charge is 2.02. The van der Waals surface area contributed by atoms with Gasteiger partial charge in [-0.2, -0.15) is 0 Å². The molecule has 2 N–H and O–H groups in total. The maximum absolute atomic E-state index is 10.0. The maximum Gasteiger partial charge on any atom is 0.218 e. The van der Waals surface area contributed by atoms with E-state index in [2.05, 4.69) is 0 Å². The second kappa shape index (κ2) is 3.88. The third kappa shape index (κ3) is 2.36. The summed E-state index contributed by atoms with van der Waals surface area (Å²) in [6, 6.07) is 5.62. The van der Waals surface area contributed by atoms with E-state index in [0.29, 0.717) is 6.42 Å². The quantitative estimate of drug-likeness (QED) is 0.712. The first kappa shape index (κ1) is 8.74. The van der Waals surface area contributed by atoms with E-state index in [9.17, 15) is 4.79 Å². The van der Waals surface area contributed by atoms with Crippen LogP contribution in [0.1, 0.15) is 5.56 Å². The van der Waals surface area contributed by atoms with Gasteiger partial charge in [-0.3, -0.25) is 4.79 Å². The van der Waals surface area contributed by atoms with Crippen molar-refractivity contribution in [1.82, 2.24) is 5.73 Å². The number of benzene rings is 1. The number of phenols is 1. The fourth-order valence-electron chi connectivity index (χ4n) is 0.909. The van der Waals surface area contributed by atoms with Gasteiger partial charge in [0.1, 0.15) is 5.75 Å². The van der Waals surface area contributed by atoms with Crippen LogP contribution in [0.3, 0.4) is 0 Å². The summed E-state index contributed by atoms with van der Waals surface area (Å²) < 4.78 is 0. The molecular weight excluding hydrogens is 154 g/mol. The number of rotatable bonds is 3. The molecule has 0 aliphatic rings. The van der Waals surface area contributed by atoms with Crippen LogP contribution in [0.2, 0.25) is 0 Å². The van der Waals surface area contributed by atoms with E-state index in [4.69, 9.17) is 10.8 Å². The van der Waals surface area contributed by atoms with Crippen LogP contribution in [-0.4, -0.2) is 17.4 Å². The first-order chi connectivity index (χ1) is 5.72. The molecule has 0 bridgehead atoms. The molecule has 62 valence electrons. The van der Waals surface area contributed by atoms with Gasteiger partial charge in [-0.25, -0.2) is 5.73 Å². The summed E-state index contributed by atoms with van der Waals surface area (Å²) in [5.74, 6) is 0.190. The Bertz CT molecular complexity index is 256. The molecule has 12 heavy (non-hydrogen) atoms. The van der Waals surface area contributed by atoms with Crippen LogP contribution in [0.15, 0.2) is 24.3 Å². The molecular formula is C9H9NO2. The van der Waals surface area contributed by atoms with E-state index in [1.165, 1.54) is 12.1 Å². The van der Waals surface area contributed by atoms with Gasteiger partial charge in [-0.05, 0) is 24.1 Å². The van der Waals surface area contributed by atoms with Gasteiger partial charge in [0.25, 0.3) is 0 Å². The normalized spacial score (nSPS) is 12.4. The molecule has 1 aromatic rings. The minimum Gasteiger partial charge on any atom is -0.508 e. The van der Waals surface area contributed by atoms with Crippen LogP contribution < -0.4 is 5.73 Å². The van der Waals surface area contributed by atoms with Gasteiger partial charge >= 0.3 is 0 Å². The molecule has 3 heteroatoms. The molecule has 0 aromatic heterocycles. The lowest BCUT2D eigenvalue weighted by molar-refractivity contribution is 0.475. The largest absolute Gasteiger partial charge is 0.508 e. The monoisotopic (exact) mass is 163 g/mol. The lowest BCUT2D eigenvalue weighted by Crippen LogP contribution is -2.13. The minimum atomic E-state index is -0.824. The average Bonchev–Trinajstić information content (AvgIpc) is 2.09. The number of hydrogen-bond acceptors (Lipinski definition) is 2. The molecule has 2 radical (unpaired) electrons. The van der Waals surface area contributed by atoms with Crippen molar-refractivity contribution in [2.24, 2.45) is 0 Å². The lowest BCUT2D eigenvalue weighted by atomic mass is 10.1. The van der Waals surface area contributed by atoms with E-state index in [-0.39, 0.29) is 5.75 Å². The Kier molecular flexibility index (Phi) is 2.82. The predicted octanol–water partition coefficient (Wildman–Crippen LogP) is 0.696. The smallest absolute Gasteiger partial charge is 0.218 e. The first-order valence-electron chi connectivity index (χ1n) is 3.59. The highest BCUT2D eigenvalue weighted by Crippen LogP contribution is 2.10. The van der Waals surface area contributed by atoms with Crippen LogP contribution >= 0.6 is 0 Å². The summed E-state index contributed by atoms with van der Waals surface area (Å²) in [5, 5.41) is 8.92. The van der Waals surface area contributed by atoms with Crippen LogP contribution in [0.5, 0.6) is 5.75 Å². The fourth-order valence-corrected chi connectivity index (χ4v) is 0.909. The van der Waals surface area contributed by atoms with E-state index >= 15 is 0 Å². The second-order valence-corrected chi connectivity index (χ2v) is 2.54. The molecule has 0 heterocycles. The zero-order chi connectivity index (χ0) is 8.97. The molecule has 0 saturated heterocycles. The van der Waals surface area contributed by atoms with Crippen molar-refractivity contribution in [2.45, 2.75) is 12.5 Å². The van der Waals surface area contributed by atoms with E-state index < -0.39 is 6.04 Å². The summed E-state index contributed by atoms with van der Waals surface area (Å²) >= 11 is 0.